The minimum absolute atomic E-state index is 0.331. The molecule has 0 heterocycles. The average molecular weight is 270 g/mol. The van der Waals surface area contributed by atoms with Gasteiger partial charge in [0.15, 0.2) is 0 Å². The second kappa shape index (κ2) is 5.82. The van der Waals surface area contributed by atoms with Crippen LogP contribution in [-0.4, -0.2) is 31.4 Å². The quantitative estimate of drug-likeness (QED) is 0.887. The van der Waals surface area contributed by atoms with Crippen LogP contribution in [-0.2, 0) is 10.0 Å². The van der Waals surface area contributed by atoms with Crippen LogP contribution >= 0.6 is 0 Å². The van der Waals surface area contributed by atoms with Gasteiger partial charge in [-0.1, -0.05) is 18.2 Å². The summed E-state index contributed by atoms with van der Waals surface area (Å²) in [6, 6.07) is 8.51. The lowest BCUT2D eigenvalue weighted by atomic mass is 10.1. The molecular formula is C13H22N2O2S. The van der Waals surface area contributed by atoms with E-state index in [0.717, 1.165) is 0 Å². The summed E-state index contributed by atoms with van der Waals surface area (Å²) in [4.78, 5) is 0.331. The van der Waals surface area contributed by atoms with Crippen molar-refractivity contribution in [1.29, 1.82) is 0 Å². The van der Waals surface area contributed by atoms with E-state index in [1.54, 1.807) is 30.3 Å². The highest BCUT2D eigenvalue weighted by Crippen LogP contribution is 2.24. The van der Waals surface area contributed by atoms with Crippen LogP contribution in [0.4, 0.5) is 0 Å². The lowest BCUT2D eigenvalue weighted by Gasteiger charge is -2.34. The third kappa shape index (κ3) is 3.54. The molecule has 0 unspecified atom stereocenters. The zero-order valence-corrected chi connectivity index (χ0v) is 12.1. The first kappa shape index (κ1) is 15.1. The van der Waals surface area contributed by atoms with Gasteiger partial charge >= 0.3 is 0 Å². The van der Waals surface area contributed by atoms with Crippen LogP contribution in [0, 0.1) is 0 Å². The van der Waals surface area contributed by atoms with E-state index in [-0.39, 0.29) is 0 Å². The fraction of sp³-hybridized carbons (Fsp3) is 0.538. The molecule has 0 fully saturated rings. The highest BCUT2D eigenvalue weighted by atomic mass is 32.2. The highest BCUT2D eigenvalue weighted by molar-refractivity contribution is 7.89. The highest BCUT2D eigenvalue weighted by Gasteiger charge is 2.33. The molecule has 0 saturated heterocycles. The Hall–Kier alpha value is -0.910. The van der Waals surface area contributed by atoms with E-state index < -0.39 is 15.6 Å². The first-order valence-corrected chi connectivity index (χ1v) is 7.52. The number of benzene rings is 1. The van der Waals surface area contributed by atoms with E-state index in [9.17, 15) is 8.42 Å². The fourth-order valence-electron chi connectivity index (χ4n) is 1.77. The molecule has 102 valence electrons. The lowest BCUT2D eigenvalue weighted by molar-refractivity contribution is 0.248. The number of nitrogens with two attached hydrogens (primary N) is 1. The predicted molar refractivity (Wildman–Crippen MR) is 73.8 cm³/mol. The lowest BCUT2D eigenvalue weighted by Crippen LogP contribution is -2.46. The molecule has 0 aromatic heterocycles. The van der Waals surface area contributed by atoms with Crippen LogP contribution in [0.25, 0.3) is 0 Å². The van der Waals surface area contributed by atoms with Crippen molar-refractivity contribution >= 4 is 10.0 Å². The van der Waals surface area contributed by atoms with Crippen LogP contribution in [0.2, 0.25) is 0 Å². The molecule has 0 radical (unpaired) electrons. The van der Waals surface area contributed by atoms with Crippen LogP contribution in [0.15, 0.2) is 35.2 Å². The minimum atomic E-state index is -3.45. The maximum atomic E-state index is 12.6. The molecule has 2 N–H and O–H groups in total. The van der Waals surface area contributed by atoms with E-state index >= 15 is 0 Å². The van der Waals surface area contributed by atoms with Crippen LogP contribution in [0.5, 0.6) is 0 Å². The van der Waals surface area contributed by atoms with Gasteiger partial charge in [-0.05, 0) is 45.9 Å². The maximum Gasteiger partial charge on any atom is 0.243 e. The Labute approximate surface area is 110 Å². The molecule has 0 aliphatic carbocycles. The second-order valence-corrected chi connectivity index (χ2v) is 7.07. The van der Waals surface area contributed by atoms with Crippen molar-refractivity contribution in [2.45, 2.75) is 37.6 Å². The van der Waals surface area contributed by atoms with E-state index in [2.05, 4.69) is 0 Å². The largest absolute Gasteiger partial charge is 0.330 e. The first-order valence-electron chi connectivity index (χ1n) is 6.08. The van der Waals surface area contributed by atoms with Crippen molar-refractivity contribution in [3.8, 4) is 0 Å². The van der Waals surface area contributed by atoms with E-state index in [4.69, 9.17) is 5.73 Å². The Kier molecular flexibility index (Phi) is 4.90. The predicted octanol–water partition coefficient (Wildman–Crippen LogP) is 1.82. The van der Waals surface area contributed by atoms with E-state index in [1.165, 1.54) is 4.31 Å². The molecule has 1 rings (SSSR count). The summed E-state index contributed by atoms with van der Waals surface area (Å²) in [7, 11) is -3.45. The average Bonchev–Trinajstić information content (AvgIpc) is 2.28. The van der Waals surface area contributed by atoms with E-state index in [1.807, 2.05) is 20.8 Å². The van der Waals surface area contributed by atoms with Gasteiger partial charge < -0.3 is 5.73 Å². The van der Waals surface area contributed by atoms with Crippen molar-refractivity contribution < 1.29 is 8.42 Å². The zero-order chi connectivity index (χ0) is 13.8. The molecule has 0 spiro atoms. The molecule has 0 aliphatic rings. The third-order valence-electron chi connectivity index (χ3n) is 2.64. The van der Waals surface area contributed by atoms with Gasteiger partial charge in [-0.2, -0.15) is 4.31 Å². The maximum absolute atomic E-state index is 12.6. The molecule has 4 nitrogen and oxygen atoms in total. The molecule has 0 aliphatic heterocycles. The standard InChI is InChI=1S/C13H22N2O2S/c1-13(2,3)15(11-7-10-14)18(16,17)12-8-5-4-6-9-12/h4-6,8-9H,7,10-11,14H2,1-3H3. The Balaban J connectivity index is 3.13. The summed E-state index contributed by atoms with van der Waals surface area (Å²) in [6.45, 7) is 6.60. The molecule has 0 atom stereocenters. The van der Waals surface area contributed by atoms with Crippen LogP contribution in [0.3, 0.4) is 0 Å². The SMILES string of the molecule is CC(C)(C)N(CCCN)S(=O)(=O)c1ccccc1. The Morgan fingerprint density at radius 1 is 1.17 bits per heavy atom. The van der Waals surface area contributed by atoms with Crippen molar-refractivity contribution in [2.24, 2.45) is 5.73 Å². The number of rotatable bonds is 5. The second-order valence-electron chi connectivity index (χ2n) is 5.20. The molecule has 0 saturated carbocycles. The third-order valence-corrected chi connectivity index (χ3v) is 4.82. The molecule has 18 heavy (non-hydrogen) atoms. The molecular weight excluding hydrogens is 248 g/mol. The number of nitrogens with zero attached hydrogens (tertiary/aromatic N) is 1. The monoisotopic (exact) mass is 270 g/mol. The van der Waals surface area contributed by atoms with Crippen LogP contribution in [0.1, 0.15) is 27.2 Å². The summed E-state index contributed by atoms with van der Waals surface area (Å²) in [5.41, 5.74) is 5.03. The molecule has 0 bridgehead atoms. The molecule has 1 aromatic rings. The zero-order valence-electron chi connectivity index (χ0n) is 11.3. The molecule has 1 aromatic carbocycles. The topological polar surface area (TPSA) is 63.4 Å². The van der Waals surface area contributed by atoms with Gasteiger partial charge in [-0.15, -0.1) is 0 Å². The van der Waals surface area contributed by atoms with Gasteiger partial charge in [0.25, 0.3) is 0 Å². The Morgan fingerprint density at radius 3 is 2.17 bits per heavy atom. The summed E-state index contributed by atoms with van der Waals surface area (Å²) in [5.74, 6) is 0. The summed E-state index contributed by atoms with van der Waals surface area (Å²) >= 11 is 0. The normalized spacial score (nSPS) is 12.9. The molecule has 0 amide bonds. The molecule has 5 heteroatoms. The smallest absolute Gasteiger partial charge is 0.243 e. The van der Waals surface area contributed by atoms with Gasteiger partial charge in [0.05, 0.1) is 4.90 Å². The summed E-state index contributed by atoms with van der Waals surface area (Å²) in [6.07, 6.45) is 0.656. The fourth-order valence-corrected chi connectivity index (χ4v) is 3.62. The van der Waals surface area contributed by atoms with Gasteiger partial charge in [0.2, 0.25) is 10.0 Å². The Bertz CT molecular complexity index is 464. The van der Waals surface area contributed by atoms with Crippen molar-refractivity contribution in [3.05, 3.63) is 30.3 Å². The van der Waals surface area contributed by atoms with Crippen molar-refractivity contribution in [3.63, 3.8) is 0 Å². The van der Waals surface area contributed by atoms with Crippen LogP contribution < -0.4 is 5.73 Å². The van der Waals surface area contributed by atoms with Gasteiger partial charge in [-0.25, -0.2) is 8.42 Å². The number of hydrogen-bond donors (Lipinski definition) is 1. The first-order chi connectivity index (χ1) is 8.30. The number of hydrogen-bond acceptors (Lipinski definition) is 3. The number of sulfonamides is 1. The minimum Gasteiger partial charge on any atom is -0.330 e. The van der Waals surface area contributed by atoms with Gasteiger partial charge in [-0.3, -0.25) is 0 Å². The van der Waals surface area contributed by atoms with Gasteiger partial charge in [0.1, 0.15) is 0 Å². The van der Waals surface area contributed by atoms with Gasteiger partial charge in [0, 0.05) is 12.1 Å². The van der Waals surface area contributed by atoms with Crippen molar-refractivity contribution in [2.75, 3.05) is 13.1 Å². The summed E-state index contributed by atoms with van der Waals surface area (Å²) in [5, 5.41) is 0. The summed E-state index contributed by atoms with van der Waals surface area (Å²) < 4.78 is 26.7. The van der Waals surface area contributed by atoms with Crippen molar-refractivity contribution in [1.82, 2.24) is 4.31 Å². The Morgan fingerprint density at radius 2 is 1.72 bits per heavy atom. The van der Waals surface area contributed by atoms with E-state index in [0.29, 0.717) is 24.4 Å².